The van der Waals surface area contributed by atoms with Crippen molar-refractivity contribution in [1.29, 1.82) is 0 Å². The molecule has 0 N–H and O–H groups in total. The van der Waals surface area contributed by atoms with Gasteiger partial charge in [0.05, 0.1) is 0 Å². The van der Waals surface area contributed by atoms with Crippen LogP contribution in [0.25, 0.3) is 0 Å². The highest BCUT2D eigenvalue weighted by atomic mass is 14.1. The third-order valence-corrected chi connectivity index (χ3v) is 4.75. The Hall–Kier alpha value is -0.440. The summed E-state index contributed by atoms with van der Waals surface area (Å²) in [6.45, 7) is 6.91. The van der Waals surface area contributed by atoms with Crippen molar-refractivity contribution in [2.24, 2.45) is 5.92 Å². The lowest BCUT2D eigenvalue weighted by Crippen LogP contribution is -1.98. The Morgan fingerprint density at radius 1 is 0.545 bits per heavy atom. The smallest absolute Gasteiger partial charge is 0.00913 e. The second-order valence-electron chi connectivity index (χ2n) is 6.89. The molecule has 0 aromatic rings. The van der Waals surface area contributed by atoms with Gasteiger partial charge < -0.3 is 0 Å². The van der Waals surface area contributed by atoms with Gasteiger partial charge in [-0.15, -0.1) is 11.8 Å². The first-order chi connectivity index (χ1) is 10.8. The largest absolute Gasteiger partial charge is 0.103 e. The average Bonchev–Trinajstić information content (AvgIpc) is 2.54. The van der Waals surface area contributed by atoms with Crippen LogP contribution >= 0.6 is 0 Å². The SMILES string of the molecule is CCCCCCC#CCCC(CC)CCCCCCCCC. The Labute approximate surface area is 141 Å². The molecule has 0 saturated heterocycles. The van der Waals surface area contributed by atoms with Gasteiger partial charge in [-0.3, -0.25) is 0 Å². The highest BCUT2D eigenvalue weighted by Gasteiger charge is 2.04. The Bertz CT molecular complexity index is 255. The summed E-state index contributed by atoms with van der Waals surface area (Å²) in [4.78, 5) is 0. The van der Waals surface area contributed by atoms with E-state index in [4.69, 9.17) is 0 Å². The molecule has 1 atom stereocenters. The Balaban J connectivity index is 3.45. The van der Waals surface area contributed by atoms with E-state index in [0.717, 1.165) is 18.8 Å². The molecule has 0 rings (SSSR count). The Kier molecular flexibility index (Phi) is 18.2. The molecular formula is C22H42. The molecule has 0 aromatic carbocycles. The molecule has 0 fully saturated rings. The second-order valence-corrected chi connectivity index (χ2v) is 6.89. The molecule has 0 radical (unpaired) electrons. The van der Waals surface area contributed by atoms with E-state index in [2.05, 4.69) is 32.6 Å². The van der Waals surface area contributed by atoms with Crippen LogP contribution in [0.2, 0.25) is 0 Å². The summed E-state index contributed by atoms with van der Waals surface area (Å²) in [6.07, 6.45) is 21.7. The molecule has 0 bridgehead atoms. The first-order valence-corrected chi connectivity index (χ1v) is 10.3. The van der Waals surface area contributed by atoms with Crippen LogP contribution in [0.3, 0.4) is 0 Å². The maximum atomic E-state index is 3.40. The van der Waals surface area contributed by atoms with Crippen molar-refractivity contribution in [3.8, 4) is 11.8 Å². The number of unbranched alkanes of at least 4 members (excludes halogenated alkanes) is 10. The molecule has 0 nitrogen and oxygen atoms in total. The Morgan fingerprint density at radius 3 is 1.73 bits per heavy atom. The molecule has 0 aromatic heterocycles. The van der Waals surface area contributed by atoms with Gasteiger partial charge in [-0.2, -0.15) is 0 Å². The number of hydrogen-bond acceptors (Lipinski definition) is 0. The van der Waals surface area contributed by atoms with E-state index in [1.54, 1.807) is 0 Å². The number of hydrogen-bond donors (Lipinski definition) is 0. The quantitative estimate of drug-likeness (QED) is 0.213. The van der Waals surface area contributed by atoms with Gasteiger partial charge in [0.1, 0.15) is 0 Å². The van der Waals surface area contributed by atoms with Crippen LogP contribution < -0.4 is 0 Å². The van der Waals surface area contributed by atoms with Crippen LogP contribution in [0.5, 0.6) is 0 Å². The van der Waals surface area contributed by atoms with Crippen molar-refractivity contribution < 1.29 is 0 Å². The monoisotopic (exact) mass is 306 g/mol. The van der Waals surface area contributed by atoms with Crippen LogP contribution in [-0.4, -0.2) is 0 Å². The summed E-state index contributed by atoms with van der Waals surface area (Å²) in [5, 5.41) is 0. The molecule has 0 heteroatoms. The standard InChI is InChI=1S/C22H42/c1-4-7-9-11-13-15-17-19-21-22(6-3)20-18-16-14-12-10-8-5-2/h22H,4-14,16,18-21H2,1-3H3. The van der Waals surface area contributed by atoms with E-state index in [0.29, 0.717) is 0 Å². The van der Waals surface area contributed by atoms with Crippen molar-refractivity contribution in [2.45, 2.75) is 124 Å². The molecule has 0 aliphatic rings. The zero-order valence-electron chi connectivity index (χ0n) is 15.9. The van der Waals surface area contributed by atoms with E-state index >= 15 is 0 Å². The highest BCUT2D eigenvalue weighted by molar-refractivity contribution is 4.98. The lowest BCUT2D eigenvalue weighted by Gasteiger charge is -2.12. The van der Waals surface area contributed by atoms with Crippen molar-refractivity contribution in [1.82, 2.24) is 0 Å². The Morgan fingerprint density at radius 2 is 1.09 bits per heavy atom. The minimum atomic E-state index is 0.921. The summed E-state index contributed by atoms with van der Waals surface area (Å²) >= 11 is 0. The van der Waals surface area contributed by atoms with E-state index in [1.807, 2.05) is 0 Å². The fourth-order valence-corrected chi connectivity index (χ4v) is 3.04. The van der Waals surface area contributed by atoms with Gasteiger partial charge in [-0.05, 0) is 18.8 Å². The lowest BCUT2D eigenvalue weighted by atomic mass is 9.93. The predicted molar refractivity (Wildman–Crippen MR) is 102 cm³/mol. The maximum absolute atomic E-state index is 3.40. The summed E-state index contributed by atoms with van der Waals surface area (Å²) in [6, 6.07) is 0. The van der Waals surface area contributed by atoms with Gasteiger partial charge in [-0.25, -0.2) is 0 Å². The molecule has 0 aliphatic carbocycles. The van der Waals surface area contributed by atoms with E-state index in [-0.39, 0.29) is 0 Å². The first kappa shape index (κ1) is 21.6. The van der Waals surface area contributed by atoms with E-state index < -0.39 is 0 Å². The van der Waals surface area contributed by atoms with Gasteiger partial charge in [0.2, 0.25) is 0 Å². The zero-order chi connectivity index (χ0) is 16.3. The van der Waals surface area contributed by atoms with Gasteiger partial charge in [0.25, 0.3) is 0 Å². The minimum absolute atomic E-state index is 0.921. The van der Waals surface area contributed by atoms with E-state index in [9.17, 15) is 0 Å². The first-order valence-electron chi connectivity index (χ1n) is 10.3. The highest BCUT2D eigenvalue weighted by Crippen LogP contribution is 2.19. The fraction of sp³-hybridized carbons (Fsp3) is 0.909. The molecule has 0 amide bonds. The minimum Gasteiger partial charge on any atom is -0.103 e. The zero-order valence-corrected chi connectivity index (χ0v) is 15.9. The summed E-state index contributed by atoms with van der Waals surface area (Å²) in [5.41, 5.74) is 0. The van der Waals surface area contributed by atoms with Gasteiger partial charge in [0.15, 0.2) is 0 Å². The second kappa shape index (κ2) is 18.6. The summed E-state index contributed by atoms with van der Waals surface area (Å²) in [5.74, 6) is 7.69. The van der Waals surface area contributed by atoms with Crippen LogP contribution in [0.4, 0.5) is 0 Å². The molecule has 130 valence electrons. The lowest BCUT2D eigenvalue weighted by molar-refractivity contribution is 0.416. The predicted octanol–water partition coefficient (Wildman–Crippen LogP) is 7.91. The molecule has 1 unspecified atom stereocenters. The summed E-state index contributed by atoms with van der Waals surface area (Å²) in [7, 11) is 0. The third kappa shape index (κ3) is 15.9. The van der Waals surface area contributed by atoms with Crippen molar-refractivity contribution in [3.05, 3.63) is 0 Å². The van der Waals surface area contributed by atoms with Crippen LogP contribution in [0.1, 0.15) is 124 Å². The van der Waals surface area contributed by atoms with Crippen molar-refractivity contribution >= 4 is 0 Å². The van der Waals surface area contributed by atoms with Crippen molar-refractivity contribution in [3.63, 3.8) is 0 Å². The van der Waals surface area contributed by atoms with Gasteiger partial charge in [0, 0.05) is 12.8 Å². The van der Waals surface area contributed by atoms with Gasteiger partial charge in [-0.1, -0.05) is 97.8 Å². The summed E-state index contributed by atoms with van der Waals surface area (Å²) < 4.78 is 0. The molecule has 22 heavy (non-hydrogen) atoms. The fourth-order valence-electron chi connectivity index (χ4n) is 3.04. The van der Waals surface area contributed by atoms with Crippen LogP contribution in [-0.2, 0) is 0 Å². The molecule has 0 aliphatic heterocycles. The molecule has 0 saturated carbocycles. The number of rotatable bonds is 15. The third-order valence-electron chi connectivity index (χ3n) is 4.75. The van der Waals surface area contributed by atoms with Crippen molar-refractivity contribution in [2.75, 3.05) is 0 Å². The maximum Gasteiger partial charge on any atom is 0.00913 e. The molecule has 0 heterocycles. The topological polar surface area (TPSA) is 0 Å². The van der Waals surface area contributed by atoms with Crippen LogP contribution in [0.15, 0.2) is 0 Å². The normalized spacial score (nSPS) is 12.0. The van der Waals surface area contributed by atoms with Gasteiger partial charge >= 0.3 is 0 Å². The molecular weight excluding hydrogens is 264 g/mol. The molecule has 0 spiro atoms. The van der Waals surface area contributed by atoms with Crippen LogP contribution in [0, 0.1) is 17.8 Å². The van der Waals surface area contributed by atoms with E-state index in [1.165, 1.54) is 89.9 Å². The average molecular weight is 307 g/mol.